The van der Waals surface area contributed by atoms with Crippen LogP contribution in [0.5, 0.6) is 0 Å². The fraction of sp³-hybridized carbons (Fsp3) is 0.500. The van der Waals surface area contributed by atoms with Gasteiger partial charge in [0.25, 0.3) is 0 Å². The monoisotopic (exact) mass is 300 g/mol. The van der Waals surface area contributed by atoms with Gasteiger partial charge in [0, 0.05) is 13.0 Å². The Morgan fingerprint density at radius 2 is 2.35 bits per heavy atom. The van der Waals surface area contributed by atoms with E-state index in [1.54, 1.807) is 17.0 Å². The molecule has 1 heterocycles. The van der Waals surface area contributed by atoms with Crippen LogP contribution in [0.3, 0.4) is 0 Å². The van der Waals surface area contributed by atoms with E-state index in [1.165, 1.54) is 6.07 Å². The Balaban J connectivity index is 2.02. The van der Waals surface area contributed by atoms with Crippen molar-refractivity contribution in [3.05, 3.63) is 34.6 Å². The van der Waals surface area contributed by atoms with Crippen LogP contribution < -0.4 is 5.73 Å². The SMILES string of the molecule is NCCCC(=O)N1CCOC(c2ccc(F)c(Cl)c2)C1. The number of benzene rings is 1. The van der Waals surface area contributed by atoms with Crippen LogP contribution in [0.4, 0.5) is 4.39 Å². The number of carbonyl (C=O) groups is 1. The fourth-order valence-corrected chi connectivity index (χ4v) is 2.39. The third kappa shape index (κ3) is 3.69. The van der Waals surface area contributed by atoms with Crippen molar-refractivity contribution in [2.45, 2.75) is 18.9 Å². The second kappa shape index (κ2) is 7.02. The smallest absolute Gasteiger partial charge is 0.222 e. The number of amides is 1. The van der Waals surface area contributed by atoms with Gasteiger partial charge in [0.05, 0.1) is 18.2 Å². The maximum Gasteiger partial charge on any atom is 0.222 e. The van der Waals surface area contributed by atoms with Gasteiger partial charge in [0.2, 0.25) is 5.91 Å². The lowest BCUT2D eigenvalue weighted by Crippen LogP contribution is -2.42. The van der Waals surface area contributed by atoms with Crippen molar-refractivity contribution < 1.29 is 13.9 Å². The molecule has 1 amide bonds. The summed E-state index contributed by atoms with van der Waals surface area (Å²) in [5.41, 5.74) is 6.19. The topological polar surface area (TPSA) is 55.6 Å². The van der Waals surface area contributed by atoms with Crippen molar-refractivity contribution in [1.82, 2.24) is 4.90 Å². The first-order valence-electron chi connectivity index (χ1n) is 6.66. The first kappa shape index (κ1) is 15.2. The maximum absolute atomic E-state index is 13.2. The molecule has 0 radical (unpaired) electrons. The molecule has 1 aliphatic rings. The van der Waals surface area contributed by atoms with Crippen molar-refractivity contribution in [3.8, 4) is 0 Å². The van der Waals surface area contributed by atoms with E-state index >= 15 is 0 Å². The predicted molar refractivity (Wildman–Crippen MR) is 75.0 cm³/mol. The molecule has 2 rings (SSSR count). The molecular formula is C14H18ClFN2O2. The molecule has 0 saturated carbocycles. The Kier molecular flexibility index (Phi) is 5.34. The molecule has 0 spiro atoms. The third-order valence-corrected chi connectivity index (χ3v) is 3.62. The predicted octanol–water partition coefficient (Wildman–Crippen LogP) is 2.12. The van der Waals surface area contributed by atoms with Crippen LogP contribution in [0, 0.1) is 5.82 Å². The largest absolute Gasteiger partial charge is 0.370 e. The van der Waals surface area contributed by atoms with Crippen LogP contribution in [-0.4, -0.2) is 37.0 Å². The summed E-state index contributed by atoms with van der Waals surface area (Å²) in [6.07, 6.45) is 0.875. The standard InChI is InChI=1S/C14H18ClFN2O2/c15-11-8-10(3-4-12(11)16)13-9-18(6-7-20-13)14(19)2-1-5-17/h3-4,8,13H,1-2,5-7,9,17H2. The number of morpholine rings is 1. The quantitative estimate of drug-likeness (QED) is 0.926. The molecule has 4 nitrogen and oxygen atoms in total. The highest BCUT2D eigenvalue weighted by atomic mass is 35.5. The average Bonchev–Trinajstić information content (AvgIpc) is 2.47. The third-order valence-electron chi connectivity index (χ3n) is 3.33. The van der Waals surface area contributed by atoms with E-state index in [2.05, 4.69) is 0 Å². The Hall–Kier alpha value is -1.17. The summed E-state index contributed by atoms with van der Waals surface area (Å²) in [6.45, 7) is 2.02. The average molecular weight is 301 g/mol. The van der Waals surface area contributed by atoms with Crippen LogP contribution in [-0.2, 0) is 9.53 Å². The molecular weight excluding hydrogens is 283 g/mol. The summed E-state index contributed by atoms with van der Waals surface area (Å²) in [5, 5.41) is 0.0673. The molecule has 0 aliphatic carbocycles. The molecule has 110 valence electrons. The zero-order chi connectivity index (χ0) is 14.5. The van der Waals surface area contributed by atoms with Gasteiger partial charge in [-0.3, -0.25) is 4.79 Å². The Morgan fingerprint density at radius 1 is 1.55 bits per heavy atom. The Labute approximate surface area is 122 Å². The van der Waals surface area contributed by atoms with Gasteiger partial charge in [-0.15, -0.1) is 0 Å². The van der Waals surface area contributed by atoms with E-state index in [9.17, 15) is 9.18 Å². The molecule has 2 N–H and O–H groups in total. The molecule has 1 aromatic rings. The van der Waals surface area contributed by atoms with Crippen molar-refractivity contribution in [2.75, 3.05) is 26.2 Å². The summed E-state index contributed by atoms with van der Waals surface area (Å²) < 4.78 is 18.8. The number of nitrogens with two attached hydrogens (primary N) is 1. The van der Waals surface area contributed by atoms with Gasteiger partial charge >= 0.3 is 0 Å². The second-order valence-electron chi connectivity index (χ2n) is 4.76. The van der Waals surface area contributed by atoms with Gasteiger partial charge in [0.15, 0.2) is 0 Å². The van der Waals surface area contributed by atoms with E-state index in [1.807, 2.05) is 0 Å². The number of halogens is 2. The normalized spacial score (nSPS) is 19.1. The number of rotatable bonds is 4. The van der Waals surface area contributed by atoms with Crippen LogP contribution in [0.1, 0.15) is 24.5 Å². The molecule has 0 bridgehead atoms. The molecule has 0 aromatic heterocycles. The highest BCUT2D eigenvalue weighted by Crippen LogP contribution is 2.26. The lowest BCUT2D eigenvalue weighted by atomic mass is 10.1. The van der Waals surface area contributed by atoms with Crippen molar-refractivity contribution in [1.29, 1.82) is 0 Å². The van der Waals surface area contributed by atoms with E-state index in [0.29, 0.717) is 39.1 Å². The summed E-state index contributed by atoms with van der Waals surface area (Å²) in [5.74, 6) is -0.376. The van der Waals surface area contributed by atoms with E-state index in [0.717, 1.165) is 5.56 Å². The molecule has 1 fully saturated rings. The van der Waals surface area contributed by atoms with E-state index < -0.39 is 5.82 Å². The number of hydrogen-bond acceptors (Lipinski definition) is 3. The maximum atomic E-state index is 13.2. The van der Waals surface area contributed by atoms with Crippen LogP contribution in [0.15, 0.2) is 18.2 Å². The van der Waals surface area contributed by atoms with Gasteiger partial charge in [-0.05, 0) is 30.7 Å². The molecule has 1 saturated heterocycles. The summed E-state index contributed by atoms with van der Waals surface area (Å²) >= 11 is 5.78. The number of hydrogen-bond donors (Lipinski definition) is 1. The van der Waals surface area contributed by atoms with Gasteiger partial charge in [-0.1, -0.05) is 17.7 Å². The van der Waals surface area contributed by atoms with Crippen molar-refractivity contribution in [3.63, 3.8) is 0 Å². The molecule has 1 aromatic carbocycles. The highest BCUT2D eigenvalue weighted by Gasteiger charge is 2.25. The van der Waals surface area contributed by atoms with Gasteiger partial charge in [-0.2, -0.15) is 0 Å². The zero-order valence-electron chi connectivity index (χ0n) is 11.1. The van der Waals surface area contributed by atoms with E-state index in [4.69, 9.17) is 22.1 Å². The molecule has 1 atom stereocenters. The number of nitrogens with zero attached hydrogens (tertiary/aromatic N) is 1. The molecule has 1 aliphatic heterocycles. The zero-order valence-corrected chi connectivity index (χ0v) is 11.9. The number of carbonyl (C=O) groups excluding carboxylic acids is 1. The lowest BCUT2D eigenvalue weighted by molar-refractivity contribution is -0.139. The fourth-order valence-electron chi connectivity index (χ4n) is 2.20. The Morgan fingerprint density at radius 3 is 3.05 bits per heavy atom. The van der Waals surface area contributed by atoms with Gasteiger partial charge in [-0.25, -0.2) is 4.39 Å². The first-order chi connectivity index (χ1) is 9.61. The van der Waals surface area contributed by atoms with Crippen molar-refractivity contribution >= 4 is 17.5 Å². The number of ether oxygens (including phenoxy) is 1. The van der Waals surface area contributed by atoms with Crippen LogP contribution in [0.2, 0.25) is 5.02 Å². The lowest BCUT2D eigenvalue weighted by Gasteiger charge is -2.33. The molecule has 6 heteroatoms. The minimum atomic E-state index is -0.456. The summed E-state index contributed by atoms with van der Waals surface area (Å²) in [7, 11) is 0. The molecule has 1 unspecified atom stereocenters. The highest BCUT2D eigenvalue weighted by molar-refractivity contribution is 6.30. The van der Waals surface area contributed by atoms with E-state index in [-0.39, 0.29) is 17.0 Å². The summed E-state index contributed by atoms with van der Waals surface area (Å²) in [6, 6.07) is 4.51. The Bertz CT molecular complexity index is 484. The summed E-state index contributed by atoms with van der Waals surface area (Å²) in [4.78, 5) is 13.7. The van der Waals surface area contributed by atoms with Crippen LogP contribution in [0.25, 0.3) is 0 Å². The minimum Gasteiger partial charge on any atom is -0.370 e. The van der Waals surface area contributed by atoms with Gasteiger partial charge < -0.3 is 15.4 Å². The second-order valence-corrected chi connectivity index (χ2v) is 5.17. The van der Waals surface area contributed by atoms with Crippen LogP contribution >= 0.6 is 11.6 Å². The first-order valence-corrected chi connectivity index (χ1v) is 7.04. The molecule has 20 heavy (non-hydrogen) atoms. The van der Waals surface area contributed by atoms with Crippen molar-refractivity contribution in [2.24, 2.45) is 5.73 Å². The van der Waals surface area contributed by atoms with Gasteiger partial charge in [0.1, 0.15) is 11.9 Å². The minimum absolute atomic E-state index is 0.0673.